The molecule has 1 aliphatic rings. The van der Waals surface area contributed by atoms with Crippen LogP contribution in [0.2, 0.25) is 0 Å². The van der Waals surface area contributed by atoms with Gasteiger partial charge in [0.2, 0.25) is 0 Å². The average Bonchev–Trinajstić information content (AvgIpc) is 2.76. The molecule has 1 aliphatic carbocycles. The minimum Gasteiger partial charge on any atom is -0.395 e. The lowest BCUT2D eigenvalue weighted by molar-refractivity contribution is 0.375. The lowest BCUT2D eigenvalue weighted by atomic mass is 9.67. The molecule has 0 saturated heterocycles. The Morgan fingerprint density at radius 1 is 1.39 bits per heavy atom. The fraction of sp³-hybridized carbons (Fsp3) is 0.400. The first-order valence-corrected chi connectivity index (χ1v) is 6.42. The van der Waals surface area contributed by atoms with Gasteiger partial charge in [0.15, 0.2) is 0 Å². The molecule has 0 fully saturated rings. The molecular formula is C15H18N2O. The maximum atomic E-state index is 6.01. The van der Waals surface area contributed by atoms with Crippen molar-refractivity contribution in [2.24, 2.45) is 0 Å². The number of rotatable bonds is 1. The number of aromatic nitrogens is 1. The second-order valence-electron chi connectivity index (χ2n) is 5.41. The van der Waals surface area contributed by atoms with Gasteiger partial charge in [-0.05, 0) is 49.8 Å². The molecular weight excluding hydrogens is 224 g/mol. The highest BCUT2D eigenvalue weighted by Crippen LogP contribution is 2.44. The van der Waals surface area contributed by atoms with E-state index in [1.165, 1.54) is 29.4 Å². The van der Waals surface area contributed by atoms with E-state index in [1.807, 2.05) is 0 Å². The van der Waals surface area contributed by atoms with Gasteiger partial charge in [0.05, 0.1) is 5.69 Å². The largest absolute Gasteiger partial charge is 0.395 e. The predicted octanol–water partition coefficient (Wildman–Crippen LogP) is 3.21. The maximum absolute atomic E-state index is 6.01. The summed E-state index contributed by atoms with van der Waals surface area (Å²) in [6, 6.07) is 6.51. The number of hydrogen-bond acceptors (Lipinski definition) is 3. The van der Waals surface area contributed by atoms with Crippen LogP contribution in [0.4, 0.5) is 5.69 Å². The summed E-state index contributed by atoms with van der Waals surface area (Å²) in [6.45, 7) is 4.39. The van der Waals surface area contributed by atoms with Crippen molar-refractivity contribution in [2.75, 3.05) is 5.73 Å². The molecule has 0 bridgehead atoms. The summed E-state index contributed by atoms with van der Waals surface area (Å²) in [5.74, 6) is 0. The van der Waals surface area contributed by atoms with E-state index in [0.29, 0.717) is 5.69 Å². The molecule has 3 heteroatoms. The number of anilines is 1. The van der Waals surface area contributed by atoms with Gasteiger partial charge in [-0.2, -0.15) is 0 Å². The molecule has 0 spiro atoms. The Balaban J connectivity index is 2.25. The predicted molar refractivity (Wildman–Crippen MR) is 71.5 cm³/mol. The van der Waals surface area contributed by atoms with Crippen molar-refractivity contribution in [3.8, 4) is 0 Å². The molecule has 1 atom stereocenters. The summed E-state index contributed by atoms with van der Waals surface area (Å²) in [6.07, 6.45) is 4.92. The van der Waals surface area contributed by atoms with Crippen molar-refractivity contribution in [3.05, 3.63) is 46.8 Å². The molecule has 2 N–H and O–H groups in total. The van der Waals surface area contributed by atoms with Crippen LogP contribution in [-0.2, 0) is 11.8 Å². The molecule has 0 amide bonds. The minimum atomic E-state index is -0.115. The number of nitrogen functional groups attached to an aromatic ring is 1. The Morgan fingerprint density at radius 2 is 2.22 bits per heavy atom. The summed E-state index contributed by atoms with van der Waals surface area (Å²) in [7, 11) is 0. The summed E-state index contributed by atoms with van der Waals surface area (Å²) in [5.41, 5.74) is 11.6. The van der Waals surface area contributed by atoms with Gasteiger partial charge in [-0.3, -0.25) is 0 Å². The minimum absolute atomic E-state index is 0.115. The Labute approximate surface area is 107 Å². The molecule has 1 unspecified atom stereocenters. The van der Waals surface area contributed by atoms with E-state index >= 15 is 0 Å². The normalized spacial score (nSPS) is 22.8. The zero-order chi connectivity index (χ0) is 12.8. The summed E-state index contributed by atoms with van der Waals surface area (Å²) >= 11 is 0. The van der Waals surface area contributed by atoms with E-state index in [2.05, 4.69) is 37.2 Å². The van der Waals surface area contributed by atoms with Crippen LogP contribution in [0.5, 0.6) is 0 Å². The lowest BCUT2D eigenvalue weighted by Gasteiger charge is -2.36. The third-order valence-corrected chi connectivity index (χ3v) is 4.15. The van der Waals surface area contributed by atoms with Crippen LogP contribution < -0.4 is 5.73 Å². The van der Waals surface area contributed by atoms with Crippen LogP contribution in [0.3, 0.4) is 0 Å². The highest BCUT2D eigenvalue weighted by molar-refractivity contribution is 5.54. The zero-order valence-electron chi connectivity index (χ0n) is 10.9. The number of nitrogens with two attached hydrogens (primary N) is 1. The molecule has 3 rings (SSSR count). The molecule has 18 heavy (non-hydrogen) atoms. The first-order chi connectivity index (χ1) is 8.63. The number of nitrogens with zero attached hydrogens (tertiary/aromatic N) is 1. The highest BCUT2D eigenvalue weighted by Gasteiger charge is 2.38. The summed E-state index contributed by atoms with van der Waals surface area (Å²) in [5, 5.41) is 4.15. The fourth-order valence-corrected chi connectivity index (χ4v) is 3.38. The molecule has 2 aromatic rings. The third-order valence-electron chi connectivity index (χ3n) is 4.15. The van der Waals surface area contributed by atoms with Gasteiger partial charge in [-0.25, -0.2) is 0 Å². The molecule has 1 aromatic carbocycles. The summed E-state index contributed by atoms with van der Waals surface area (Å²) in [4.78, 5) is 0. The maximum Gasteiger partial charge on any atom is 0.147 e. The summed E-state index contributed by atoms with van der Waals surface area (Å²) < 4.78 is 5.04. The number of benzene rings is 1. The Hall–Kier alpha value is -1.77. The van der Waals surface area contributed by atoms with Crippen LogP contribution in [0.1, 0.15) is 42.1 Å². The van der Waals surface area contributed by atoms with Crippen LogP contribution in [0.15, 0.2) is 29.0 Å². The molecule has 1 heterocycles. The van der Waals surface area contributed by atoms with E-state index in [-0.39, 0.29) is 5.41 Å². The zero-order valence-corrected chi connectivity index (χ0v) is 10.9. The van der Waals surface area contributed by atoms with Crippen molar-refractivity contribution in [3.63, 3.8) is 0 Å². The van der Waals surface area contributed by atoms with E-state index in [0.717, 1.165) is 18.5 Å². The van der Waals surface area contributed by atoms with Crippen molar-refractivity contribution >= 4 is 5.69 Å². The van der Waals surface area contributed by atoms with Crippen molar-refractivity contribution in [1.29, 1.82) is 0 Å². The third kappa shape index (κ3) is 1.47. The Bertz CT molecular complexity index is 588. The number of fused-ring (bicyclic) bond motifs is 1. The molecule has 94 valence electrons. The molecule has 0 aliphatic heterocycles. The standard InChI is InChI=1S/C15H18N2O/c1-10-5-3-6-11-7-4-8-15(2,13(10)11)14-12(16)9-18-17-14/h3,5-6,9H,4,7-8,16H2,1-2H3. The van der Waals surface area contributed by atoms with Gasteiger partial charge >= 0.3 is 0 Å². The fourth-order valence-electron chi connectivity index (χ4n) is 3.38. The van der Waals surface area contributed by atoms with Crippen LogP contribution in [0, 0.1) is 6.92 Å². The van der Waals surface area contributed by atoms with Crippen molar-refractivity contribution < 1.29 is 4.52 Å². The quantitative estimate of drug-likeness (QED) is 0.835. The van der Waals surface area contributed by atoms with E-state index in [4.69, 9.17) is 10.3 Å². The monoisotopic (exact) mass is 242 g/mol. The van der Waals surface area contributed by atoms with Crippen LogP contribution >= 0.6 is 0 Å². The first kappa shape index (κ1) is 11.3. The van der Waals surface area contributed by atoms with Crippen LogP contribution in [-0.4, -0.2) is 5.16 Å². The van der Waals surface area contributed by atoms with Gasteiger partial charge < -0.3 is 10.3 Å². The average molecular weight is 242 g/mol. The molecule has 0 saturated carbocycles. The van der Waals surface area contributed by atoms with Gasteiger partial charge in [0.1, 0.15) is 12.0 Å². The van der Waals surface area contributed by atoms with Crippen molar-refractivity contribution in [2.45, 2.75) is 38.5 Å². The second-order valence-corrected chi connectivity index (χ2v) is 5.41. The van der Waals surface area contributed by atoms with Gasteiger partial charge in [-0.15, -0.1) is 0 Å². The van der Waals surface area contributed by atoms with E-state index < -0.39 is 0 Å². The highest BCUT2D eigenvalue weighted by atomic mass is 16.5. The lowest BCUT2D eigenvalue weighted by Crippen LogP contribution is -2.31. The van der Waals surface area contributed by atoms with E-state index in [1.54, 1.807) is 0 Å². The van der Waals surface area contributed by atoms with Gasteiger partial charge in [0.25, 0.3) is 0 Å². The topological polar surface area (TPSA) is 52.0 Å². The Kier molecular flexibility index (Phi) is 2.44. The van der Waals surface area contributed by atoms with Crippen molar-refractivity contribution in [1.82, 2.24) is 5.16 Å². The van der Waals surface area contributed by atoms with Gasteiger partial charge in [-0.1, -0.05) is 23.4 Å². The first-order valence-electron chi connectivity index (χ1n) is 6.42. The smallest absolute Gasteiger partial charge is 0.147 e. The number of hydrogen-bond donors (Lipinski definition) is 1. The SMILES string of the molecule is Cc1cccc2c1C(C)(c1nocc1N)CCC2. The van der Waals surface area contributed by atoms with Crippen LogP contribution in [0.25, 0.3) is 0 Å². The Morgan fingerprint density at radius 3 is 2.94 bits per heavy atom. The van der Waals surface area contributed by atoms with E-state index in [9.17, 15) is 0 Å². The molecule has 3 nitrogen and oxygen atoms in total. The molecule has 1 aromatic heterocycles. The second kappa shape index (κ2) is 3.87. The molecule has 0 radical (unpaired) electrons. The van der Waals surface area contributed by atoms with Gasteiger partial charge in [0, 0.05) is 5.41 Å². The number of aryl methyl sites for hydroxylation is 2.